The third-order valence-electron chi connectivity index (χ3n) is 5.08. The Morgan fingerprint density at radius 1 is 0.839 bits per heavy atom. The third-order valence-corrected chi connectivity index (χ3v) is 5.08. The highest BCUT2D eigenvalue weighted by atomic mass is 16.5. The minimum absolute atomic E-state index is 0.176. The summed E-state index contributed by atoms with van der Waals surface area (Å²) in [5, 5.41) is 3.67. The van der Waals surface area contributed by atoms with Crippen LogP contribution in [0.5, 0.6) is 11.5 Å². The number of carbonyl (C=O) groups is 2. The molecule has 4 rings (SSSR count). The van der Waals surface area contributed by atoms with E-state index < -0.39 is 0 Å². The highest BCUT2D eigenvalue weighted by molar-refractivity contribution is 6.11. The minimum Gasteiger partial charge on any atom is -0.493 e. The number of furan rings is 1. The monoisotopic (exact) mass is 415 g/mol. The standard InChI is InChI=1S/C25H21NO5/c1-15-19-11-10-18(26-25(28)17-9-12-20(29-2)22(13-17)30-3)14-21(19)31-24(15)23(27)16-7-5-4-6-8-16/h4-14H,1-3H3,(H,26,28). The van der Waals surface area contributed by atoms with Crippen molar-refractivity contribution in [3.8, 4) is 11.5 Å². The summed E-state index contributed by atoms with van der Waals surface area (Å²) in [7, 11) is 3.05. The van der Waals surface area contributed by atoms with E-state index in [0.29, 0.717) is 39.7 Å². The van der Waals surface area contributed by atoms with Gasteiger partial charge in [0.2, 0.25) is 5.78 Å². The van der Waals surface area contributed by atoms with Crippen LogP contribution in [0.25, 0.3) is 11.0 Å². The van der Waals surface area contributed by atoms with E-state index >= 15 is 0 Å². The molecule has 6 heteroatoms. The number of rotatable bonds is 6. The second-order valence-electron chi connectivity index (χ2n) is 6.99. The van der Waals surface area contributed by atoms with Gasteiger partial charge in [0.05, 0.1) is 14.2 Å². The van der Waals surface area contributed by atoms with Gasteiger partial charge in [0.25, 0.3) is 5.91 Å². The molecule has 0 radical (unpaired) electrons. The van der Waals surface area contributed by atoms with E-state index in [0.717, 1.165) is 10.9 Å². The zero-order valence-corrected chi connectivity index (χ0v) is 17.4. The second kappa shape index (κ2) is 8.36. The maximum atomic E-state index is 12.8. The SMILES string of the molecule is COc1ccc(C(=O)Nc2ccc3c(C)c(C(=O)c4ccccc4)oc3c2)cc1OC. The van der Waals surface area contributed by atoms with E-state index in [1.54, 1.807) is 42.5 Å². The highest BCUT2D eigenvalue weighted by Crippen LogP contribution is 2.30. The summed E-state index contributed by atoms with van der Waals surface area (Å²) in [5.41, 5.74) is 2.84. The number of methoxy groups -OCH3 is 2. The van der Waals surface area contributed by atoms with Crippen molar-refractivity contribution >= 4 is 28.3 Å². The smallest absolute Gasteiger partial charge is 0.255 e. The zero-order valence-electron chi connectivity index (χ0n) is 17.4. The largest absolute Gasteiger partial charge is 0.493 e. The molecule has 0 bridgehead atoms. The van der Waals surface area contributed by atoms with Gasteiger partial charge in [-0.3, -0.25) is 9.59 Å². The lowest BCUT2D eigenvalue weighted by Crippen LogP contribution is -2.12. The zero-order chi connectivity index (χ0) is 22.0. The summed E-state index contributed by atoms with van der Waals surface area (Å²) in [6, 6.07) is 19.3. The Morgan fingerprint density at radius 2 is 1.58 bits per heavy atom. The van der Waals surface area contributed by atoms with Crippen molar-refractivity contribution in [3.05, 3.63) is 89.2 Å². The fourth-order valence-corrected chi connectivity index (χ4v) is 3.42. The summed E-state index contributed by atoms with van der Waals surface area (Å²) in [5.74, 6) is 0.831. The van der Waals surface area contributed by atoms with Crippen LogP contribution in [0.4, 0.5) is 5.69 Å². The number of aryl methyl sites for hydroxylation is 1. The summed E-state index contributed by atoms with van der Waals surface area (Å²) >= 11 is 0. The Hall–Kier alpha value is -4.06. The Balaban J connectivity index is 1.61. The molecule has 1 aromatic heterocycles. The summed E-state index contributed by atoms with van der Waals surface area (Å²) < 4.78 is 16.3. The molecule has 156 valence electrons. The molecule has 0 atom stereocenters. The lowest BCUT2D eigenvalue weighted by atomic mass is 10.0. The molecule has 6 nitrogen and oxygen atoms in total. The minimum atomic E-state index is -0.302. The Bertz CT molecular complexity index is 1270. The van der Waals surface area contributed by atoms with E-state index in [2.05, 4.69) is 5.32 Å². The van der Waals surface area contributed by atoms with E-state index in [1.165, 1.54) is 14.2 Å². The average Bonchev–Trinajstić information content (AvgIpc) is 3.14. The average molecular weight is 415 g/mol. The number of ether oxygens (including phenoxy) is 2. The number of anilines is 1. The van der Waals surface area contributed by atoms with Gasteiger partial charge in [-0.1, -0.05) is 30.3 Å². The van der Waals surface area contributed by atoms with Crippen molar-refractivity contribution in [1.29, 1.82) is 0 Å². The van der Waals surface area contributed by atoms with Crippen molar-refractivity contribution in [2.24, 2.45) is 0 Å². The predicted octanol–water partition coefficient (Wildman–Crippen LogP) is 5.24. The molecule has 0 aliphatic rings. The molecule has 0 spiro atoms. The number of hydrogen-bond acceptors (Lipinski definition) is 5. The summed E-state index contributed by atoms with van der Waals surface area (Å²) in [4.78, 5) is 25.5. The summed E-state index contributed by atoms with van der Waals surface area (Å²) in [6.07, 6.45) is 0. The van der Waals surface area contributed by atoms with Crippen LogP contribution in [-0.2, 0) is 0 Å². The van der Waals surface area contributed by atoms with Gasteiger partial charge >= 0.3 is 0 Å². The van der Waals surface area contributed by atoms with Gasteiger partial charge in [0.1, 0.15) is 5.58 Å². The molecule has 0 aliphatic carbocycles. The second-order valence-corrected chi connectivity index (χ2v) is 6.99. The molecule has 31 heavy (non-hydrogen) atoms. The molecule has 3 aromatic carbocycles. The van der Waals surface area contributed by atoms with Gasteiger partial charge in [0.15, 0.2) is 17.3 Å². The molecule has 1 heterocycles. The number of benzene rings is 3. The first-order valence-corrected chi connectivity index (χ1v) is 9.68. The fraction of sp³-hybridized carbons (Fsp3) is 0.120. The lowest BCUT2D eigenvalue weighted by molar-refractivity contribution is 0.101. The van der Waals surface area contributed by atoms with Crippen molar-refractivity contribution in [1.82, 2.24) is 0 Å². The van der Waals surface area contributed by atoms with Crippen molar-refractivity contribution in [3.63, 3.8) is 0 Å². The molecule has 0 saturated heterocycles. The fourth-order valence-electron chi connectivity index (χ4n) is 3.42. The maximum Gasteiger partial charge on any atom is 0.255 e. The van der Waals surface area contributed by atoms with Gasteiger partial charge in [-0.2, -0.15) is 0 Å². The van der Waals surface area contributed by atoms with Gasteiger partial charge in [-0.05, 0) is 37.3 Å². The van der Waals surface area contributed by atoms with Crippen molar-refractivity contribution in [2.75, 3.05) is 19.5 Å². The van der Waals surface area contributed by atoms with E-state index in [4.69, 9.17) is 13.9 Å². The Morgan fingerprint density at radius 3 is 2.29 bits per heavy atom. The van der Waals surface area contributed by atoms with E-state index in [1.807, 2.05) is 31.2 Å². The van der Waals surface area contributed by atoms with Gasteiger partial charge in [-0.15, -0.1) is 0 Å². The number of amides is 1. The third kappa shape index (κ3) is 3.88. The topological polar surface area (TPSA) is 77.8 Å². The summed E-state index contributed by atoms with van der Waals surface area (Å²) in [6.45, 7) is 1.85. The number of fused-ring (bicyclic) bond motifs is 1. The Kier molecular flexibility index (Phi) is 5.45. The van der Waals surface area contributed by atoms with Crippen LogP contribution < -0.4 is 14.8 Å². The van der Waals surface area contributed by atoms with Crippen LogP contribution in [0.15, 0.2) is 71.1 Å². The van der Waals surface area contributed by atoms with Crippen molar-refractivity contribution < 1.29 is 23.5 Å². The van der Waals surface area contributed by atoms with Crippen LogP contribution >= 0.6 is 0 Å². The highest BCUT2D eigenvalue weighted by Gasteiger charge is 2.19. The predicted molar refractivity (Wildman–Crippen MR) is 118 cm³/mol. The normalized spacial score (nSPS) is 10.7. The molecule has 0 fully saturated rings. The molecular weight excluding hydrogens is 394 g/mol. The first kappa shape index (κ1) is 20.2. The number of ketones is 1. The molecule has 0 unspecified atom stereocenters. The van der Waals surface area contributed by atoms with Crippen LogP contribution in [0.1, 0.15) is 32.0 Å². The molecular formula is C25H21NO5. The number of hydrogen-bond donors (Lipinski definition) is 1. The first-order valence-electron chi connectivity index (χ1n) is 9.68. The molecule has 0 aliphatic heterocycles. The Labute approximate surface area is 179 Å². The van der Waals surface area contributed by atoms with Crippen LogP contribution in [-0.4, -0.2) is 25.9 Å². The van der Waals surface area contributed by atoms with E-state index in [-0.39, 0.29) is 11.7 Å². The van der Waals surface area contributed by atoms with Gasteiger partial charge < -0.3 is 19.2 Å². The maximum absolute atomic E-state index is 12.8. The van der Waals surface area contributed by atoms with E-state index in [9.17, 15) is 9.59 Å². The van der Waals surface area contributed by atoms with Gasteiger partial charge in [0, 0.05) is 33.8 Å². The first-order chi connectivity index (χ1) is 15.0. The molecule has 1 N–H and O–H groups in total. The van der Waals surface area contributed by atoms with Crippen LogP contribution in [0.2, 0.25) is 0 Å². The number of carbonyl (C=O) groups excluding carboxylic acids is 2. The van der Waals surface area contributed by atoms with Crippen LogP contribution in [0, 0.1) is 6.92 Å². The van der Waals surface area contributed by atoms with Crippen molar-refractivity contribution in [2.45, 2.75) is 6.92 Å². The lowest BCUT2D eigenvalue weighted by Gasteiger charge is -2.10. The quantitative estimate of drug-likeness (QED) is 0.436. The van der Waals surface area contributed by atoms with Crippen LogP contribution in [0.3, 0.4) is 0 Å². The molecule has 0 saturated carbocycles. The molecule has 4 aromatic rings. The van der Waals surface area contributed by atoms with Gasteiger partial charge in [-0.25, -0.2) is 0 Å². The number of nitrogens with one attached hydrogen (secondary N) is 1. The molecule has 1 amide bonds.